The van der Waals surface area contributed by atoms with Crippen molar-refractivity contribution in [2.75, 3.05) is 0 Å². The number of aromatic amines is 1. The minimum atomic E-state index is -0.0990. The van der Waals surface area contributed by atoms with E-state index in [1.165, 1.54) is 6.07 Å². The van der Waals surface area contributed by atoms with Gasteiger partial charge in [0.05, 0.1) is 0 Å². The molecule has 0 atom stereocenters. The van der Waals surface area contributed by atoms with Crippen LogP contribution in [0.5, 0.6) is 0 Å². The van der Waals surface area contributed by atoms with Crippen molar-refractivity contribution < 1.29 is 0 Å². The van der Waals surface area contributed by atoms with Crippen molar-refractivity contribution in [2.24, 2.45) is 0 Å². The number of nitrogens with one attached hydrogen (secondary N) is 1. The Labute approximate surface area is 85.5 Å². The maximum Gasteiger partial charge on any atom is 0.251 e. The molecular formula is C10H10N2OS. The molecule has 0 bridgehead atoms. The first kappa shape index (κ1) is 9.15. The van der Waals surface area contributed by atoms with Gasteiger partial charge in [0.2, 0.25) is 0 Å². The first-order valence-corrected chi connectivity index (χ1v) is 5.22. The van der Waals surface area contributed by atoms with Crippen molar-refractivity contribution in [2.45, 2.75) is 13.8 Å². The van der Waals surface area contributed by atoms with Crippen molar-refractivity contribution in [1.29, 1.82) is 0 Å². The van der Waals surface area contributed by atoms with Crippen LogP contribution in [-0.4, -0.2) is 9.97 Å². The number of hydrogen-bond donors (Lipinski definition) is 1. The standard InChI is InChI=1S/C10H10N2OS/c1-6-4-14-5-8(6)10-11-7(2)3-9(13)12-10/h3-5H,1-2H3,(H,11,12,13). The zero-order chi connectivity index (χ0) is 10.1. The average Bonchev–Trinajstić information content (AvgIpc) is 2.49. The quantitative estimate of drug-likeness (QED) is 0.776. The second kappa shape index (κ2) is 3.38. The molecule has 0 spiro atoms. The predicted molar refractivity (Wildman–Crippen MR) is 57.6 cm³/mol. The molecule has 1 N–H and O–H groups in total. The molecule has 0 radical (unpaired) electrons. The summed E-state index contributed by atoms with van der Waals surface area (Å²) in [5, 5.41) is 4.03. The molecule has 4 heteroatoms. The Balaban J connectivity index is 2.63. The van der Waals surface area contributed by atoms with Gasteiger partial charge in [0.25, 0.3) is 5.56 Å². The topological polar surface area (TPSA) is 45.8 Å². The second-order valence-electron chi connectivity index (χ2n) is 3.20. The van der Waals surface area contributed by atoms with Crippen LogP contribution in [0.15, 0.2) is 21.6 Å². The maximum absolute atomic E-state index is 11.2. The molecule has 3 nitrogen and oxygen atoms in total. The number of rotatable bonds is 1. The fraction of sp³-hybridized carbons (Fsp3) is 0.200. The number of nitrogens with zero attached hydrogens (tertiary/aromatic N) is 1. The van der Waals surface area contributed by atoms with E-state index in [9.17, 15) is 4.79 Å². The molecular weight excluding hydrogens is 196 g/mol. The molecule has 14 heavy (non-hydrogen) atoms. The summed E-state index contributed by atoms with van der Waals surface area (Å²) in [4.78, 5) is 18.2. The molecule has 0 unspecified atom stereocenters. The van der Waals surface area contributed by atoms with Crippen LogP contribution in [0.2, 0.25) is 0 Å². The normalized spacial score (nSPS) is 10.4. The summed E-state index contributed by atoms with van der Waals surface area (Å²) in [6.45, 7) is 3.83. The van der Waals surface area contributed by atoms with E-state index in [-0.39, 0.29) is 5.56 Å². The largest absolute Gasteiger partial charge is 0.306 e. The van der Waals surface area contributed by atoms with Gasteiger partial charge in [-0.1, -0.05) is 0 Å². The molecule has 0 saturated heterocycles. The summed E-state index contributed by atoms with van der Waals surface area (Å²) in [5.41, 5.74) is 2.80. The summed E-state index contributed by atoms with van der Waals surface area (Å²) < 4.78 is 0. The van der Waals surface area contributed by atoms with E-state index in [1.54, 1.807) is 11.3 Å². The Morgan fingerprint density at radius 2 is 2.14 bits per heavy atom. The Kier molecular flexibility index (Phi) is 2.21. The van der Waals surface area contributed by atoms with Gasteiger partial charge in [-0.25, -0.2) is 4.98 Å². The molecule has 0 aliphatic heterocycles. The van der Waals surface area contributed by atoms with Gasteiger partial charge < -0.3 is 4.98 Å². The molecule has 72 valence electrons. The smallest absolute Gasteiger partial charge is 0.251 e. The highest BCUT2D eigenvalue weighted by Crippen LogP contribution is 2.22. The highest BCUT2D eigenvalue weighted by Gasteiger charge is 2.05. The lowest BCUT2D eigenvalue weighted by Gasteiger charge is -1.99. The fourth-order valence-corrected chi connectivity index (χ4v) is 2.14. The van der Waals surface area contributed by atoms with E-state index in [2.05, 4.69) is 9.97 Å². The van der Waals surface area contributed by atoms with Crippen LogP contribution >= 0.6 is 11.3 Å². The van der Waals surface area contributed by atoms with Crippen LogP contribution in [0.1, 0.15) is 11.3 Å². The van der Waals surface area contributed by atoms with Crippen molar-refractivity contribution >= 4 is 11.3 Å². The fourth-order valence-electron chi connectivity index (χ4n) is 1.31. The van der Waals surface area contributed by atoms with E-state index in [1.807, 2.05) is 24.6 Å². The summed E-state index contributed by atoms with van der Waals surface area (Å²) in [7, 11) is 0. The Hall–Kier alpha value is -1.42. The second-order valence-corrected chi connectivity index (χ2v) is 3.95. The molecule has 0 aromatic carbocycles. The lowest BCUT2D eigenvalue weighted by molar-refractivity contribution is 1.07. The highest BCUT2D eigenvalue weighted by atomic mass is 32.1. The molecule has 2 rings (SSSR count). The van der Waals surface area contributed by atoms with Gasteiger partial charge in [0.1, 0.15) is 5.82 Å². The molecule has 0 aliphatic rings. The van der Waals surface area contributed by atoms with Crippen LogP contribution < -0.4 is 5.56 Å². The van der Waals surface area contributed by atoms with E-state index >= 15 is 0 Å². The number of aryl methyl sites for hydroxylation is 2. The van der Waals surface area contributed by atoms with Gasteiger partial charge in [-0.2, -0.15) is 11.3 Å². The van der Waals surface area contributed by atoms with Crippen LogP contribution in [-0.2, 0) is 0 Å². The SMILES string of the molecule is Cc1cc(=O)[nH]c(-c2cscc2C)n1. The minimum absolute atomic E-state index is 0.0990. The summed E-state index contributed by atoms with van der Waals surface area (Å²) in [6, 6.07) is 1.49. The molecule has 0 fully saturated rings. The van der Waals surface area contributed by atoms with Crippen molar-refractivity contribution in [3.63, 3.8) is 0 Å². The zero-order valence-electron chi connectivity index (χ0n) is 8.00. The van der Waals surface area contributed by atoms with Gasteiger partial charge in [0, 0.05) is 22.7 Å². The molecule has 0 amide bonds. The summed E-state index contributed by atoms with van der Waals surface area (Å²) in [5.74, 6) is 0.661. The molecule has 2 heterocycles. The summed E-state index contributed by atoms with van der Waals surface area (Å²) >= 11 is 1.61. The predicted octanol–water partition coefficient (Wildman–Crippen LogP) is 2.12. The molecule has 2 aromatic rings. The van der Waals surface area contributed by atoms with Crippen LogP contribution in [0.4, 0.5) is 0 Å². The number of aromatic nitrogens is 2. The lowest BCUT2D eigenvalue weighted by atomic mass is 10.2. The van der Waals surface area contributed by atoms with Gasteiger partial charge in [-0.15, -0.1) is 0 Å². The zero-order valence-corrected chi connectivity index (χ0v) is 8.81. The highest BCUT2D eigenvalue weighted by molar-refractivity contribution is 7.08. The molecule has 0 saturated carbocycles. The maximum atomic E-state index is 11.2. The third-order valence-electron chi connectivity index (χ3n) is 1.98. The third kappa shape index (κ3) is 1.61. The van der Waals surface area contributed by atoms with E-state index < -0.39 is 0 Å². The lowest BCUT2D eigenvalue weighted by Crippen LogP contribution is -2.08. The first-order chi connectivity index (χ1) is 6.66. The number of hydrogen-bond acceptors (Lipinski definition) is 3. The monoisotopic (exact) mass is 206 g/mol. The van der Waals surface area contributed by atoms with Crippen molar-refractivity contribution in [3.05, 3.63) is 38.4 Å². The first-order valence-electron chi connectivity index (χ1n) is 4.28. The Morgan fingerprint density at radius 1 is 1.36 bits per heavy atom. The van der Waals surface area contributed by atoms with Gasteiger partial charge in [-0.05, 0) is 24.8 Å². The molecule has 2 aromatic heterocycles. The number of thiophene rings is 1. The van der Waals surface area contributed by atoms with Crippen molar-refractivity contribution in [3.8, 4) is 11.4 Å². The van der Waals surface area contributed by atoms with Gasteiger partial charge in [-0.3, -0.25) is 4.79 Å². The van der Waals surface area contributed by atoms with Crippen LogP contribution in [0, 0.1) is 13.8 Å². The molecule has 0 aliphatic carbocycles. The van der Waals surface area contributed by atoms with Crippen LogP contribution in [0.25, 0.3) is 11.4 Å². The van der Waals surface area contributed by atoms with Gasteiger partial charge in [0.15, 0.2) is 0 Å². The number of H-pyrrole nitrogens is 1. The summed E-state index contributed by atoms with van der Waals surface area (Å²) in [6.07, 6.45) is 0. The Bertz CT molecular complexity index is 513. The van der Waals surface area contributed by atoms with E-state index in [0.29, 0.717) is 5.82 Å². The van der Waals surface area contributed by atoms with Crippen LogP contribution in [0.3, 0.4) is 0 Å². The van der Waals surface area contributed by atoms with Gasteiger partial charge >= 0.3 is 0 Å². The van der Waals surface area contributed by atoms with Crippen molar-refractivity contribution in [1.82, 2.24) is 9.97 Å². The average molecular weight is 206 g/mol. The Morgan fingerprint density at radius 3 is 2.71 bits per heavy atom. The van der Waals surface area contributed by atoms with E-state index in [4.69, 9.17) is 0 Å². The van der Waals surface area contributed by atoms with E-state index in [0.717, 1.165) is 16.8 Å². The minimum Gasteiger partial charge on any atom is -0.306 e. The third-order valence-corrected chi connectivity index (χ3v) is 2.84.